The van der Waals surface area contributed by atoms with Crippen molar-refractivity contribution < 1.29 is 4.92 Å². The van der Waals surface area contributed by atoms with Gasteiger partial charge in [-0.3, -0.25) is 10.1 Å². The highest BCUT2D eigenvalue weighted by Gasteiger charge is 2.07. The second-order valence-corrected chi connectivity index (χ2v) is 4.87. The number of hydrogen-bond donors (Lipinski definition) is 1. The molecule has 20 heavy (non-hydrogen) atoms. The van der Waals surface area contributed by atoms with E-state index in [-0.39, 0.29) is 5.69 Å². The van der Waals surface area contributed by atoms with Gasteiger partial charge in [0.05, 0.1) is 23.4 Å². The molecule has 7 nitrogen and oxygen atoms in total. The van der Waals surface area contributed by atoms with Gasteiger partial charge < -0.3 is 5.32 Å². The van der Waals surface area contributed by atoms with Gasteiger partial charge in [-0.2, -0.15) is 0 Å². The molecule has 1 aromatic heterocycles. The average Bonchev–Trinajstić information content (AvgIpc) is 2.84. The van der Waals surface area contributed by atoms with Gasteiger partial charge in [-0.15, -0.1) is 5.10 Å². The maximum atomic E-state index is 10.7. The molecule has 2 rings (SSSR count). The lowest BCUT2D eigenvalue weighted by Gasteiger charge is -2.04. The summed E-state index contributed by atoms with van der Waals surface area (Å²) < 4.78 is 1.68. The summed E-state index contributed by atoms with van der Waals surface area (Å²) in [4.78, 5) is 10.3. The number of nitro benzene ring substituents is 1. The van der Waals surface area contributed by atoms with Crippen molar-refractivity contribution in [2.24, 2.45) is 0 Å². The number of rotatable bonds is 6. The molecule has 0 saturated heterocycles. The predicted octanol–water partition coefficient (Wildman–Crippen LogP) is 1.73. The summed E-state index contributed by atoms with van der Waals surface area (Å²) in [5.74, 6) is 0. The van der Waals surface area contributed by atoms with Crippen molar-refractivity contribution in [3.05, 3.63) is 51.8 Å². The molecular weight excluding hydrogens is 258 g/mol. The molecule has 1 heterocycles. The van der Waals surface area contributed by atoms with Gasteiger partial charge in [0.15, 0.2) is 0 Å². The van der Waals surface area contributed by atoms with Crippen molar-refractivity contribution in [1.82, 2.24) is 20.3 Å². The van der Waals surface area contributed by atoms with E-state index in [1.165, 1.54) is 6.07 Å². The minimum Gasteiger partial charge on any atom is -0.309 e. The largest absolute Gasteiger partial charge is 0.309 e. The number of benzene rings is 1. The standard InChI is InChI=1S/C13H17N5O2/c1-10(2)14-7-12-9-17(16-15-12)8-11-4-3-5-13(6-11)18(19)20/h3-6,9-10,14H,7-8H2,1-2H3. The molecule has 0 spiro atoms. The third-order valence-electron chi connectivity index (χ3n) is 2.74. The molecule has 0 saturated carbocycles. The van der Waals surface area contributed by atoms with E-state index in [1.54, 1.807) is 16.8 Å². The summed E-state index contributed by atoms with van der Waals surface area (Å²) in [6.45, 7) is 5.25. The van der Waals surface area contributed by atoms with Crippen molar-refractivity contribution in [2.45, 2.75) is 33.0 Å². The smallest absolute Gasteiger partial charge is 0.269 e. The van der Waals surface area contributed by atoms with Gasteiger partial charge in [0.1, 0.15) is 0 Å². The minimum atomic E-state index is -0.400. The Morgan fingerprint density at radius 3 is 2.95 bits per heavy atom. The fraction of sp³-hybridized carbons (Fsp3) is 0.385. The maximum absolute atomic E-state index is 10.7. The molecule has 106 valence electrons. The summed E-state index contributed by atoms with van der Waals surface area (Å²) in [7, 11) is 0. The Hall–Kier alpha value is -2.28. The molecular formula is C13H17N5O2. The summed E-state index contributed by atoms with van der Waals surface area (Å²) in [6.07, 6.45) is 1.84. The van der Waals surface area contributed by atoms with Crippen molar-refractivity contribution in [3.8, 4) is 0 Å². The fourth-order valence-corrected chi connectivity index (χ4v) is 1.76. The van der Waals surface area contributed by atoms with E-state index in [1.807, 2.05) is 12.3 Å². The lowest BCUT2D eigenvalue weighted by atomic mass is 10.2. The highest BCUT2D eigenvalue weighted by Crippen LogP contribution is 2.13. The SMILES string of the molecule is CC(C)NCc1cn(Cc2cccc([N+](=O)[O-])c2)nn1. The Morgan fingerprint density at radius 2 is 2.25 bits per heavy atom. The molecule has 1 aromatic carbocycles. The van der Waals surface area contributed by atoms with Crippen LogP contribution in [0, 0.1) is 10.1 Å². The van der Waals surface area contributed by atoms with Crippen LogP contribution in [0.25, 0.3) is 0 Å². The molecule has 0 aliphatic rings. The zero-order valence-corrected chi connectivity index (χ0v) is 11.5. The van der Waals surface area contributed by atoms with Crippen LogP contribution in [0.4, 0.5) is 5.69 Å². The Kier molecular flexibility index (Phi) is 4.41. The van der Waals surface area contributed by atoms with Crippen LogP contribution in [-0.4, -0.2) is 26.0 Å². The molecule has 0 bridgehead atoms. The van der Waals surface area contributed by atoms with Gasteiger partial charge in [0, 0.05) is 24.7 Å². The molecule has 1 N–H and O–H groups in total. The topological polar surface area (TPSA) is 85.9 Å². The Balaban J connectivity index is 2.03. The zero-order chi connectivity index (χ0) is 14.5. The van der Waals surface area contributed by atoms with Crippen molar-refractivity contribution in [2.75, 3.05) is 0 Å². The molecule has 0 unspecified atom stereocenters. The normalized spacial score (nSPS) is 10.9. The van der Waals surface area contributed by atoms with E-state index in [2.05, 4.69) is 29.5 Å². The van der Waals surface area contributed by atoms with E-state index in [4.69, 9.17) is 0 Å². The highest BCUT2D eigenvalue weighted by atomic mass is 16.6. The van der Waals surface area contributed by atoms with E-state index in [0.717, 1.165) is 11.3 Å². The summed E-state index contributed by atoms with van der Waals surface area (Å²) >= 11 is 0. The molecule has 0 amide bonds. The van der Waals surface area contributed by atoms with Gasteiger partial charge >= 0.3 is 0 Å². The molecule has 0 atom stereocenters. The predicted molar refractivity (Wildman–Crippen MR) is 74.2 cm³/mol. The zero-order valence-electron chi connectivity index (χ0n) is 11.5. The van der Waals surface area contributed by atoms with Crippen LogP contribution in [0.2, 0.25) is 0 Å². The third kappa shape index (κ3) is 3.86. The number of aromatic nitrogens is 3. The maximum Gasteiger partial charge on any atom is 0.269 e. The number of nitro groups is 1. The summed E-state index contributed by atoms with van der Waals surface area (Å²) in [6, 6.07) is 6.92. The van der Waals surface area contributed by atoms with Crippen LogP contribution in [-0.2, 0) is 13.1 Å². The van der Waals surface area contributed by atoms with Crippen molar-refractivity contribution in [1.29, 1.82) is 0 Å². The average molecular weight is 275 g/mol. The van der Waals surface area contributed by atoms with E-state index in [0.29, 0.717) is 19.1 Å². The van der Waals surface area contributed by atoms with Gasteiger partial charge in [0.2, 0.25) is 0 Å². The molecule has 0 radical (unpaired) electrons. The van der Waals surface area contributed by atoms with Gasteiger partial charge in [-0.05, 0) is 5.56 Å². The fourth-order valence-electron chi connectivity index (χ4n) is 1.76. The Morgan fingerprint density at radius 1 is 1.45 bits per heavy atom. The van der Waals surface area contributed by atoms with Gasteiger partial charge in [-0.1, -0.05) is 31.2 Å². The van der Waals surface area contributed by atoms with Crippen molar-refractivity contribution in [3.63, 3.8) is 0 Å². The van der Waals surface area contributed by atoms with Crippen LogP contribution in [0.1, 0.15) is 25.1 Å². The highest BCUT2D eigenvalue weighted by molar-refractivity contribution is 5.34. The number of nitrogens with one attached hydrogen (secondary N) is 1. The first kappa shape index (κ1) is 14.1. The van der Waals surface area contributed by atoms with Crippen molar-refractivity contribution >= 4 is 5.69 Å². The monoisotopic (exact) mass is 275 g/mol. The minimum absolute atomic E-state index is 0.0873. The lowest BCUT2D eigenvalue weighted by molar-refractivity contribution is -0.384. The Bertz CT molecular complexity index is 594. The van der Waals surface area contributed by atoms with E-state index in [9.17, 15) is 10.1 Å². The lowest BCUT2D eigenvalue weighted by Crippen LogP contribution is -2.21. The molecule has 0 aliphatic carbocycles. The van der Waals surface area contributed by atoms with Gasteiger partial charge in [0.25, 0.3) is 5.69 Å². The van der Waals surface area contributed by atoms with Crippen LogP contribution >= 0.6 is 0 Å². The molecule has 7 heteroatoms. The van der Waals surface area contributed by atoms with E-state index >= 15 is 0 Å². The number of non-ortho nitro benzene ring substituents is 1. The summed E-state index contributed by atoms with van der Waals surface area (Å²) in [5, 5.41) is 22.1. The Labute approximate surface area is 116 Å². The molecule has 0 aliphatic heterocycles. The summed E-state index contributed by atoms with van der Waals surface area (Å²) in [5.41, 5.74) is 1.76. The molecule has 0 fully saturated rings. The third-order valence-corrected chi connectivity index (χ3v) is 2.74. The number of hydrogen-bond acceptors (Lipinski definition) is 5. The first-order chi connectivity index (χ1) is 9.54. The number of nitrogens with zero attached hydrogens (tertiary/aromatic N) is 4. The van der Waals surface area contributed by atoms with Crippen LogP contribution in [0.15, 0.2) is 30.5 Å². The quantitative estimate of drug-likeness (QED) is 0.641. The molecule has 2 aromatic rings. The van der Waals surface area contributed by atoms with Crippen LogP contribution in [0.5, 0.6) is 0 Å². The van der Waals surface area contributed by atoms with Gasteiger partial charge in [-0.25, -0.2) is 4.68 Å². The first-order valence-electron chi connectivity index (χ1n) is 6.40. The first-order valence-corrected chi connectivity index (χ1v) is 6.40. The van der Waals surface area contributed by atoms with Crippen LogP contribution in [0.3, 0.4) is 0 Å². The van der Waals surface area contributed by atoms with E-state index < -0.39 is 4.92 Å². The second-order valence-electron chi connectivity index (χ2n) is 4.87. The van der Waals surface area contributed by atoms with Crippen LogP contribution < -0.4 is 5.32 Å². The second kappa shape index (κ2) is 6.25.